The van der Waals surface area contributed by atoms with E-state index in [1.807, 2.05) is 12.1 Å². The van der Waals surface area contributed by atoms with Crippen LogP contribution in [-0.4, -0.2) is 27.2 Å². The average molecular weight is 382 g/mol. The van der Waals surface area contributed by atoms with Gasteiger partial charge in [-0.1, -0.05) is 35.3 Å². The van der Waals surface area contributed by atoms with Gasteiger partial charge in [0, 0.05) is 24.0 Å². The van der Waals surface area contributed by atoms with Crippen molar-refractivity contribution >= 4 is 34.8 Å². The van der Waals surface area contributed by atoms with E-state index in [1.165, 1.54) is 14.2 Å². The van der Waals surface area contributed by atoms with E-state index >= 15 is 0 Å². The van der Waals surface area contributed by atoms with Gasteiger partial charge >= 0.3 is 0 Å². The molecular formula is C18H17Cl2NO4. The molecule has 0 saturated heterocycles. The molecule has 0 radical (unpaired) electrons. The Morgan fingerprint density at radius 1 is 1.08 bits per heavy atom. The lowest BCUT2D eigenvalue weighted by molar-refractivity contribution is -0.116. The van der Waals surface area contributed by atoms with Crippen LogP contribution in [0, 0.1) is 0 Å². The van der Waals surface area contributed by atoms with E-state index in [-0.39, 0.29) is 18.2 Å². The molecule has 2 aromatic rings. The molecule has 0 fully saturated rings. The summed E-state index contributed by atoms with van der Waals surface area (Å²) in [6.07, 6.45) is 0.221. The summed E-state index contributed by atoms with van der Waals surface area (Å²) in [7, 11) is 4.61. The molecule has 132 valence electrons. The van der Waals surface area contributed by atoms with Crippen molar-refractivity contribution in [3.05, 3.63) is 45.4 Å². The first-order chi connectivity index (χ1) is 12.0. The molecule has 0 unspecified atom stereocenters. The zero-order chi connectivity index (χ0) is 18.1. The molecule has 25 heavy (non-hydrogen) atoms. The molecule has 0 spiro atoms. The molecule has 1 heterocycles. The number of hydrogen-bond donors (Lipinski definition) is 1. The monoisotopic (exact) mass is 381 g/mol. The molecule has 0 aliphatic carbocycles. The minimum absolute atomic E-state index is 0.122. The van der Waals surface area contributed by atoms with Gasteiger partial charge in [-0.2, -0.15) is 0 Å². The number of hydrogen-bond acceptors (Lipinski definition) is 4. The first-order valence-electron chi connectivity index (χ1n) is 7.58. The third kappa shape index (κ3) is 2.98. The van der Waals surface area contributed by atoms with Crippen LogP contribution in [0.2, 0.25) is 10.0 Å². The summed E-state index contributed by atoms with van der Waals surface area (Å²) >= 11 is 12.6. The summed E-state index contributed by atoms with van der Waals surface area (Å²) in [4.78, 5) is 12.3. The van der Waals surface area contributed by atoms with E-state index in [4.69, 9.17) is 37.4 Å². The maximum atomic E-state index is 12.3. The first kappa shape index (κ1) is 17.7. The minimum Gasteiger partial charge on any atom is -0.493 e. The van der Waals surface area contributed by atoms with Crippen molar-refractivity contribution in [3.63, 3.8) is 0 Å². The van der Waals surface area contributed by atoms with E-state index in [9.17, 15) is 4.79 Å². The third-order valence-electron chi connectivity index (χ3n) is 4.24. The number of rotatable bonds is 4. The number of benzene rings is 2. The van der Waals surface area contributed by atoms with Gasteiger partial charge in [-0.05, 0) is 11.6 Å². The van der Waals surface area contributed by atoms with E-state index in [1.54, 1.807) is 19.2 Å². The van der Waals surface area contributed by atoms with E-state index < -0.39 is 0 Å². The number of fused-ring (bicyclic) bond motifs is 1. The third-order valence-corrected chi connectivity index (χ3v) is 5.07. The number of amides is 1. The number of methoxy groups -OCH3 is 3. The van der Waals surface area contributed by atoms with E-state index in [0.29, 0.717) is 33.0 Å². The SMILES string of the molecule is COc1cc2c(c(OC)c1OC)[C@H](c1cccc(Cl)c1Cl)CC(=O)N2. The summed E-state index contributed by atoms with van der Waals surface area (Å²) < 4.78 is 16.4. The standard InChI is InChI=1S/C18H17Cl2NO4/c1-23-13-8-12-15(18(25-3)17(13)24-2)10(7-14(22)21-12)9-5-4-6-11(19)16(9)20/h4-6,8,10H,7H2,1-3H3,(H,21,22)/t10-/m0/s1. The van der Waals surface area contributed by atoms with Crippen LogP contribution in [0.3, 0.4) is 0 Å². The lowest BCUT2D eigenvalue weighted by atomic mass is 9.83. The van der Waals surface area contributed by atoms with Gasteiger partial charge in [0.25, 0.3) is 0 Å². The fourth-order valence-corrected chi connectivity index (χ4v) is 3.61. The predicted molar refractivity (Wildman–Crippen MR) is 97.6 cm³/mol. The summed E-state index contributed by atoms with van der Waals surface area (Å²) in [5.74, 6) is 0.990. The highest BCUT2D eigenvalue weighted by atomic mass is 35.5. The van der Waals surface area contributed by atoms with Gasteiger partial charge in [-0.25, -0.2) is 0 Å². The van der Waals surface area contributed by atoms with Crippen LogP contribution < -0.4 is 19.5 Å². The van der Waals surface area contributed by atoms with Crippen molar-refractivity contribution in [1.29, 1.82) is 0 Å². The molecule has 0 saturated carbocycles. The summed E-state index contributed by atoms with van der Waals surface area (Å²) in [5.41, 5.74) is 2.14. The topological polar surface area (TPSA) is 56.8 Å². The smallest absolute Gasteiger partial charge is 0.225 e. The molecule has 1 aliphatic rings. The van der Waals surface area contributed by atoms with Crippen molar-refractivity contribution < 1.29 is 19.0 Å². The molecular weight excluding hydrogens is 365 g/mol. The highest BCUT2D eigenvalue weighted by molar-refractivity contribution is 6.42. The van der Waals surface area contributed by atoms with E-state index in [2.05, 4.69) is 5.32 Å². The number of ether oxygens (including phenoxy) is 3. The second-order valence-corrected chi connectivity index (χ2v) is 6.34. The molecule has 1 atom stereocenters. The van der Waals surface area contributed by atoms with Crippen molar-refractivity contribution in [1.82, 2.24) is 0 Å². The number of halogens is 2. The van der Waals surface area contributed by atoms with Crippen LogP contribution in [0.1, 0.15) is 23.5 Å². The number of carbonyl (C=O) groups is 1. The Hall–Kier alpha value is -2.11. The van der Waals surface area contributed by atoms with Crippen LogP contribution in [0.4, 0.5) is 5.69 Å². The van der Waals surface area contributed by atoms with Gasteiger partial charge in [-0.15, -0.1) is 0 Å². The summed E-state index contributed by atoms with van der Waals surface area (Å²) in [5, 5.41) is 3.72. The fraction of sp³-hybridized carbons (Fsp3) is 0.278. The normalized spacial score (nSPS) is 16.0. The minimum atomic E-state index is -0.315. The Bertz CT molecular complexity index is 838. The fourth-order valence-electron chi connectivity index (χ4n) is 3.17. The first-order valence-corrected chi connectivity index (χ1v) is 8.34. The molecule has 1 amide bonds. The Morgan fingerprint density at radius 2 is 1.80 bits per heavy atom. The molecule has 2 aromatic carbocycles. The molecule has 1 N–H and O–H groups in total. The second-order valence-electron chi connectivity index (χ2n) is 5.55. The van der Waals surface area contributed by atoms with Gasteiger partial charge in [0.05, 0.1) is 37.1 Å². The largest absolute Gasteiger partial charge is 0.493 e. The van der Waals surface area contributed by atoms with Crippen molar-refractivity contribution in [2.24, 2.45) is 0 Å². The van der Waals surface area contributed by atoms with Gasteiger partial charge in [0.1, 0.15) is 0 Å². The molecule has 3 rings (SSSR count). The Morgan fingerprint density at radius 3 is 2.44 bits per heavy atom. The molecule has 0 bridgehead atoms. The lowest BCUT2D eigenvalue weighted by Gasteiger charge is -2.30. The lowest BCUT2D eigenvalue weighted by Crippen LogP contribution is -2.24. The zero-order valence-corrected chi connectivity index (χ0v) is 15.5. The number of nitrogens with one attached hydrogen (secondary N) is 1. The zero-order valence-electron chi connectivity index (χ0n) is 14.0. The molecule has 1 aliphatic heterocycles. The van der Waals surface area contributed by atoms with Gasteiger partial charge < -0.3 is 19.5 Å². The Labute approximate surface area is 155 Å². The van der Waals surface area contributed by atoms with Crippen molar-refractivity contribution in [3.8, 4) is 17.2 Å². The van der Waals surface area contributed by atoms with Gasteiger partial charge in [0.2, 0.25) is 11.7 Å². The Balaban J connectivity index is 2.29. The van der Waals surface area contributed by atoms with Crippen LogP contribution in [0.5, 0.6) is 17.2 Å². The highest BCUT2D eigenvalue weighted by Gasteiger charge is 2.34. The number of carbonyl (C=O) groups excluding carboxylic acids is 1. The molecule has 0 aromatic heterocycles. The summed E-state index contributed by atoms with van der Waals surface area (Å²) in [6, 6.07) is 7.10. The van der Waals surface area contributed by atoms with Crippen LogP contribution in [0.25, 0.3) is 0 Å². The van der Waals surface area contributed by atoms with E-state index in [0.717, 1.165) is 11.1 Å². The van der Waals surface area contributed by atoms with Crippen LogP contribution in [-0.2, 0) is 4.79 Å². The van der Waals surface area contributed by atoms with Crippen LogP contribution in [0.15, 0.2) is 24.3 Å². The highest BCUT2D eigenvalue weighted by Crippen LogP contribution is 2.52. The molecule has 7 heteroatoms. The maximum absolute atomic E-state index is 12.3. The summed E-state index contributed by atoms with van der Waals surface area (Å²) in [6.45, 7) is 0. The average Bonchev–Trinajstić information content (AvgIpc) is 2.61. The molecule has 5 nitrogen and oxygen atoms in total. The van der Waals surface area contributed by atoms with Gasteiger partial charge in [0.15, 0.2) is 11.5 Å². The Kier molecular flexibility index (Phi) is 4.97. The van der Waals surface area contributed by atoms with Crippen molar-refractivity contribution in [2.75, 3.05) is 26.6 Å². The van der Waals surface area contributed by atoms with Gasteiger partial charge in [-0.3, -0.25) is 4.79 Å². The number of anilines is 1. The maximum Gasteiger partial charge on any atom is 0.225 e. The second kappa shape index (κ2) is 7.02. The van der Waals surface area contributed by atoms with Crippen molar-refractivity contribution in [2.45, 2.75) is 12.3 Å². The van der Waals surface area contributed by atoms with Crippen LogP contribution >= 0.6 is 23.2 Å². The quantitative estimate of drug-likeness (QED) is 0.847. The predicted octanol–water partition coefficient (Wildman–Crippen LogP) is 4.49.